The lowest BCUT2D eigenvalue weighted by Gasteiger charge is -2.35. The van der Waals surface area contributed by atoms with Crippen LogP contribution in [0.2, 0.25) is 0 Å². The average Bonchev–Trinajstić information content (AvgIpc) is 2.73. The summed E-state index contributed by atoms with van der Waals surface area (Å²) in [4.78, 5) is 7.15. The zero-order valence-corrected chi connectivity index (χ0v) is 18.6. The number of anilines is 1. The molecule has 0 aromatic heterocycles. The van der Waals surface area contributed by atoms with E-state index < -0.39 is 0 Å². The first kappa shape index (κ1) is 22.0. The Morgan fingerprint density at radius 2 is 2.04 bits per heavy atom. The predicted octanol–water partition coefficient (Wildman–Crippen LogP) is 3.90. The number of nitrogens with zero attached hydrogens (tertiary/aromatic N) is 3. The number of para-hydroxylation sites is 1. The molecule has 6 heteroatoms. The fraction of sp³-hybridized carbons (Fsp3) is 0.364. The molecule has 1 heterocycles. The smallest absolute Gasteiger partial charge is 0.191 e. The minimum Gasteiger partial charge on any atom is -0.369 e. The van der Waals surface area contributed by atoms with Crippen LogP contribution < -0.4 is 15.5 Å². The van der Waals surface area contributed by atoms with Crippen LogP contribution in [0.4, 0.5) is 5.69 Å². The second-order valence-corrected chi connectivity index (χ2v) is 6.77. The first-order chi connectivity index (χ1) is 13.3. The monoisotopic (exact) mass is 489 g/mol. The van der Waals surface area contributed by atoms with Crippen LogP contribution in [-0.4, -0.2) is 31.6 Å². The van der Waals surface area contributed by atoms with Gasteiger partial charge < -0.3 is 15.5 Å². The number of nitrogens with one attached hydrogen (secondary N) is 2. The van der Waals surface area contributed by atoms with Crippen molar-refractivity contribution < 1.29 is 0 Å². The van der Waals surface area contributed by atoms with Gasteiger partial charge >= 0.3 is 0 Å². The lowest BCUT2D eigenvalue weighted by atomic mass is 10.1. The van der Waals surface area contributed by atoms with Crippen molar-refractivity contribution in [1.82, 2.24) is 10.6 Å². The quantitative estimate of drug-likeness (QED) is 0.380. The maximum Gasteiger partial charge on any atom is 0.191 e. The molecule has 5 nitrogen and oxygen atoms in total. The number of nitriles is 1. The average molecular weight is 489 g/mol. The van der Waals surface area contributed by atoms with Crippen LogP contribution in [0.3, 0.4) is 0 Å². The molecular formula is C22H28IN5. The van der Waals surface area contributed by atoms with E-state index in [9.17, 15) is 0 Å². The standard InChI is InChI=1S/C22H27N5.HI/c1-2-24-22(25-16-19-9-6-8-18(14-19)15-23)26-20-10-7-13-27(17-20)21-11-4-3-5-12-21;/h3-6,8-9,11-12,14,20H,2,7,10,13,16-17H2,1H3,(H2,24,25,26);1H. The first-order valence-corrected chi connectivity index (χ1v) is 9.62. The predicted molar refractivity (Wildman–Crippen MR) is 126 cm³/mol. The summed E-state index contributed by atoms with van der Waals surface area (Å²) in [5, 5.41) is 16.0. The number of rotatable bonds is 5. The highest BCUT2D eigenvalue weighted by Gasteiger charge is 2.20. The minimum absolute atomic E-state index is 0. The number of hydrogen-bond donors (Lipinski definition) is 2. The fourth-order valence-corrected chi connectivity index (χ4v) is 3.39. The zero-order valence-electron chi connectivity index (χ0n) is 16.3. The summed E-state index contributed by atoms with van der Waals surface area (Å²) in [7, 11) is 0. The van der Waals surface area contributed by atoms with Crippen LogP contribution in [0.15, 0.2) is 59.6 Å². The topological polar surface area (TPSA) is 63.5 Å². The molecule has 1 saturated heterocycles. The Balaban J connectivity index is 0.00000280. The summed E-state index contributed by atoms with van der Waals surface area (Å²) in [5.74, 6) is 0.833. The number of benzene rings is 2. The highest BCUT2D eigenvalue weighted by Crippen LogP contribution is 2.19. The van der Waals surface area contributed by atoms with Crippen LogP contribution in [0, 0.1) is 11.3 Å². The van der Waals surface area contributed by atoms with Crippen molar-refractivity contribution in [3.63, 3.8) is 0 Å². The molecular weight excluding hydrogens is 461 g/mol. The molecule has 28 heavy (non-hydrogen) atoms. The van der Waals surface area contributed by atoms with Gasteiger partial charge in [-0.25, -0.2) is 4.99 Å². The third-order valence-electron chi connectivity index (χ3n) is 4.70. The van der Waals surface area contributed by atoms with E-state index in [1.807, 2.05) is 24.3 Å². The molecule has 0 aliphatic carbocycles. The second kappa shape index (κ2) is 11.5. The van der Waals surface area contributed by atoms with Gasteiger partial charge in [-0.15, -0.1) is 24.0 Å². The van der Waals surface area contributed by atoms with Crippen molar-refractivity contribution >= 4 is 35.6 Å². The van der Waals surface area contributed by atoms with Gasteiger partial charge in [0.2, 0.25) is 0 Å². The Morgan fingerprint density at radius 1 is 1.21 bits per heavy atom. The highest BCUT2D eigenvalue weighted by atomic mass is 127. The molecule has 1 fully saturated rings. The van der Waals surface area contributed by atoms with Crippen LogP contribution in [-0.2, 0) is 6.54 Å². The van der Waals surface area contributed by atoms with E-state index in [4.69, 9.17) is 10.3 Å². The van der Waals surface area contributed by atoms with E-state index in [-0.39, 0.29) is 24.0 Å². The Labute approximate surface area is 184 Å². The summed E-state index contributed by atoms with van der Waals surface area (Å²) in [5.41, 5.74) is 2.99. The normalized spacial score (nSPS) is 16.6. The second-order valence-electron chi connectivity index (χ2n) is 6.77. The number of halogens is 1. The molecule has 0 bridgehead atoms. The van der Waals surface area contributed by atoms with Gasteiger partial charge in [0, 0.05) is 31.4 Å². The molecule has 2 N–H and O–H groups in total. The molecule has 1 aliphatic heterocycles. The van der Waals surface area contributed by atoms with Crippen molar-refractivity contribution in [3.8, 4) is 6.07 Å². The third-order valence-corrected chi connectivity index (χ3v) is 4.70. The SMILES string of the molecule is CCNC(=NCc1cccc(C#N)c1)NC1CCCN(c2ccccc2)C1.I. The van der Waals surface area contributed by atoms with E-state index in [0.717, 1.165) is 44.0 Å². The van der Waals surface area contributed by atoms with Crippen molar-refractivity contribution in [2.24, 2.45) is 4.99 Å². The third kappa shape index (κ3) is 6.41. The van der Waals surface area contributed by atoms with Crippen LogP contribution in [0.25, 0.3) is 0 Å². The van der Waals surface area contributed by atoms with Crippen molar-refractivity contribution in [2.45, 2.75) is 32.4 Å². The van der Waals surface area contributed by atoms with Gasteiger partial charge in [0.05, 0.1) is 18.2 Å². The molecule has 0 saturated carbocycles. The van der Waals surface area contributed by atoms with E-state index >= 15 is 0 Å². The van der Waals surface area contributed by atoms with E-state index in [0.29, 0.717) is 18.2 Å². The van der Waals surface area contributed by atoms with Crippen molar-refractivity contribution in [3.05, 3.63) is 65.7 Å². The Kier molecular flexibility index (Phi) is 9.08. The number of hydrogen-bond acceptors (Lipinski definition) is 3. The fourth-order valence-electron chi connectivity index (χ4n) is 3.39. The summed E-state index contributed by atoms with van der Waals surface area (Å²) in [6, 6.07) is 20.7. The molecule has 1 unspecified atom stereocenters. The molecule has 3 rings (SSSR count). The zero-order chi connectivity index (χ0) is 18.9. The molecule has 0 spiro atoms. The highest BCUT2D eigenvalue weighted by molar-refractivity contribution is 14.0. The molecule has 2 aromatic carbocycles. The number of piperidine rings is 1. The maximum atomic E-state index is 9.04. The molecule has 148 valence electrons. The van der Waals surface area contributed by atoms with Crippen molar-refractivity contribution in [1.29, 1.82) is 5.26 Å². The minimum atomic E-state index is 0. The van der Waals surface area contributed by atoms with Gasteiger partial charge in [-0.05, 0) is 49.6 Å². The summed E-state index contributed by atoms with van der Waals surface area (Å²) in [6.45, 7) is 5.51. The summed E-state index contributed by atoms with van der Waals surface area (Å²) in [6.07, 6.45) is 2.30. The lowest BCUT2D eigenvalue weighted by molar-refractivity contribution is 0.468. The molecule has 2 aromatic rings. The van der Waals surface area contributed by atoms with Crippen LogP contribution in [0.1, 0.15) is 30.9 Å². The van der Waals surface area contributed by atoms with Crippen LogP contribution >= 0.6 is 24.0 Å². The van der Waals surface area contributed by atoms with Crippen LogP contribution in [0.5, 0.6) is 0 Å². The summed E-state index contributed by atoms with van der Waals surface area (Å²) < 4.78 is 0. The Bertz CT molecular complexity index is 800. The van der Waals surface area contributed by atoms with E-state index in [2.05, 4.69) is 58.9 Å². The summed E-state index contributed by atoms with van der Waals surface area (Å²) >= 11 is 0. The number of aliphatic imine (C=N–C) groups is 1. The van der Waals surface area contributed by atoms with Crippen molar-refractivity contribution in [2.75, 3.05) is 24.5 Å². The largest absolute Gasteiger partial charge is 0.369 e. The Hall–Kier alpha value is -2.27. The Morgan fingerprint density at radius 3 is 2.79 bits per heavy atom. The molecule has 1 atom stereocenters. The van der Waals surface area contributed by atoms with Gasteiger partial charge in [0.25, 0.3) is 0 Å². The van der Waals surface area contributed by atoms with E-state index in [1.54, 1.807) is 0 Å². The number of guanidine groups is 1. The molecule has 0 radical (unpaired) electrons. The molecule has 1 aliphatic rings. The van der Waals surface area contributed by atoms with Gasteiger partial charge in [-0.2, -0.15) is 5.26 Å². The lowest BCUT2D eigenvalue weighted by Crippen LogP contribution is -2.51. The van der Waals surface area contributed by atoms with Gasteiger partial charge in [-0.3, -0.25) is 0 Å². The van der Waals surface area contributed by atoms with Gasteiger partial charge in [0.15, 0.2) is 5.96 Å². The first-order valence-electron chi connectivity index (χ1n) is 9.62. The van der Waals surface area contributed by atoms with Gasteiger partial charge in [-0.1, -0.05) is 30.3 Å². The van der Waals surface area contributed by atoms with E-state index in [1.165, 1.54) is 5.69 Å². The molecule has 0 amide bonds. The maximum absolute atomic E-state index is 9.04. The van der Waals surface area contributed by atoms with Gasteiger partial charge in [0.1, 0.15) is 0 Å².